The summed E-state index contributed by atoms with van der Waals surface area (Å²) in [7, 11) is 0. The Kier molecular flexibility index (Phi) is 4.06. The number of benzene rings is 1. The molecule has 19 heavy (non-hydrogen) atoms. The first-order valence-corrected chi connectivity index (χ1v) is 7.24. The number of nitriles is 1. The van der Waals surface area contributed by atoms with Gasteiger partial charge >= 0.3 is 0 Å². The van der Waals surface area contributed by atoms with Gasteiger partial charge in [0.15, 0.2) is 0 Å². The number of anilines is 1. The molecule has 0 amide bonds. The molecule has 102 valence electrons. The van der Waals surface area contributed by atoms with Crippen LogP contribution in [0.4, 0.5) is 5.69 Å². The van der Waals surface area contributed by atoms with Crippen molar-refractivity contribution in [1.82, 2.24) is 0 Å². The Labute approximate surface area is 121 Å². The van der Waals surface area contributed by atoms with Gasteiger partial charge in [0.1, 0.15) is 6.07 Å². The standard InChI is InChI=1S/C16H21ClN2/c1-16(2,3)13-6-8-19(9-7-13)14-5-4-12(11-18)15(17)10-14/h4-5,10,13H,6-9H2,1-3H3. The lowest BCUT2D eigenvalue weighted by molar-refractivity contribution is 0.199. The number of hydrogen-bond donors (Lipinski definition) is 0. The molecule has 1 saturated heterocycles. The molecule has 0 atom stereocenters. The van der Waals surface area contributed by atoms with Crippen LogP contribution in [0.2, 0.25) is 5.02 Å². The average Bonchev–Trinajstić information content (AvgIpc) is 2.38. The zero-order chi connectivity index (χ0) is 14.0. The van der Waals surface area contributed by atoms with E-state index in [0.29, 0.717) is 16.0 Å². The predicted molar refractivity (Wildman–Crippen MR) is 80.6 cm³/mol. The molecule has 2 nitrogen and oxygen atoms in total. The molecule has 1 fully saturated rings. The first-order valence-electron chi connectivity index (χ1n) is 6.86. The van der Waals surface area contributed by atoms with Crippen molar-refractivity contribution < 1.29 is 0 Å². The second-order valence-electron chi connectivity index (χ2n) is 6.40. The van der Waals surface area contributed by atoms with Gasteiger partial charge in [-0.1, -0.05) is 32.4 Å². The van der Waals surface area contributed by atoms with E-state index in [1.165, 1.54) is 12.8 Å². The van der Waals surface area contributed by atoms with Gasteiger partial charge in [0.05, 0.1) is 10.6 Å². The maximum absolute atomic E-state index is 8.90. The van der Waals surface area contributed by atoms with Crippen LogP contribution < -0.4 is 4.90 Å². The molecule has 0 spiro atoms. The fourth-order valence-corrected chi connectivity index (χ4v) is 3.01. The molecule has 1 aromatic rings. The van der Waals surface area contributed by atoms with E-state index in [1.54, 1.807) is 0 Å². The van der Waals surface area contributed by atoms with Gasteiger partial charge in [-0.2, -0.15) is 5.26 Å². The zero-order valence-electron chi connectivity index (χ0n) is 11.9. The minimum Gasteiger partial charge on any atom is -0.371 e. The Hall–Kier alpha value is -1.20. The average molecular weight is 277 g/mol. The van der Waals surface area contributed by atoms with Crippen molar-refractivity contribution in [2.75, 3.05) is 18.0 Å². The molecule has 1 aromatic carbocycles. The Morgan fingerprint density at radius 1 is 1.26 bits per heavy atom. The lowest BCUT2D eigenvalue weighted by atomic mass is 9.75. The summed E-state index contributed by atoms with van der Waals surface area (Å²) in [5.74, 6) is 0.789. The summed E-state index contributed by atoms with van der Waals surface area (Å²) >= 11 is 6.10. The van der Waals surface area contributed by atoms with Gasteiger partial charge in [-0.25, -0.2) is 0 Å². The second-order valence-corrected chi connectivity index (χ2v) is 6.81. The highest BCUT2D eigenvalue weighted by Gasteiger charge is 2.28. The fourth-order valence-electron chi connectivity index (χ4n) is 2.80. The van der Waals surface area contributed by atoms with Gasteiger partial charge in [0.25, 0.3) is 0 Å². The van der Waals surface area contributed by atoms with Crippen LogP contribution in [0.25, 0.3) is 0 Å². The highest BCUT2D eigenvalue weighted by molar-refractivity contribution is 6.32. The summed E-state index contributed by atoms with van der Waals surface area (Å²) in [5, 5.41) is 9.45. The molecular weight excluding hydrogens is 256 g/mol. The first-order chi connectivity index (χ1) is 8.91. The third kappa shape index (κ3) is 3.22. The monoisotopic (exact) mass is 276 g/mol. The van der Waals surface area contributed by atoms with E-state index in [-0.39, 0.29) is 0 Å². The molecule has 0 unspecified atom stereocenters. The molecule has 1 aliphatic rings. The van der Waals surface area contributed by atoms with Crippen LogP contribution in [0.3, 0.4) is 0 Å². The van der Waals surface area contributed by atoms with Crippen molar-refractivity contribution in [3.63, 3.8) is 0 Å². The van der Waals surface area contributed by atoms with Gasteiger partial charge < -0.3 is 4.90 Å². The van der Waals surface area contributed by atoms with Gasteiger partial charge in [-0.3, -0.25) is 0 Å². The van der Waals surface area contributed by atoms with Gasteiger partial charge in [-0.05, 0) is 42.4 Å². The van der Waals surface area contributed by atoms with E-state index < -0.39 is 0 Å². The van der Waals surface area contributed by atoms with Crippen LogP contribution in [0.15, 0.2) is 18.2 Å². The normalized spacial score (nSPS) is 17.3. The summed E-state index contributed by atoms with van der Waals surface area (Å²) in [6.07, 6.45) is 2.45. The zero-order valence-corrected chi connectivity index (χ0v) is 12.7. The van der Waals surface area contributed by atoms with E-state index in [1.807, 2.05) is 18.2 Å². The summed E-state index contributed by atoms with van der Waals surface area (Å²) < 4.78 is 0. The third-order valence-corrected chi connectivity index (χ3v) is 4.47. The molecule has 3 heteroatoms. The van der Waals surface area contributed by atoms with Crippen molar-refractivity contribution in [3.8, 4) is 6.07 Å². The molecule has 0 radical (unpaired) electrons. The summed E-state index contributed by atoms with van der Waals surface area (Å²) in [6, 6.07) is 7.83. The molecule has 2 rings (SSSR count). The van der Waals surface area contributed by atoms with Crippen molar-refractivity contribution >= 4 is 17.3 Å². The van der Waals surface area contributed by atoms with Gasteiger partial charge in [-0.15, -0.1) is 0 Å². The molecule has 1 aliphatic heterocycles. The van der Waals surface area contributed by atoms with Crippen LogP contribution in [-0.4, -0.2) is 13.1 Å². The van der Waals surface area contributed by atoms with Gasteiger partial charge in [0.2, 0.25) is 0 Å². The first kappa shape index (κ1) is 14.2. The van der Waals surface area contributed by atoms with E-state index in [2.05, 4.69) is 31.7 Å². The van der Waals surface area contributed by atoms with E-state index in [4.69, 9.17) is 16.9 Å². The minimum atomic E-state index is 0.397. The Morgan fingerprint density at radius 3 is 2.37 bits per heavy atom. The van der Waals surface area contributed by atoms with Crippen LogP contribution in [0.5, 0.6) is 0 Å². The SMILES string of the molecule is CC(C)(C)C1CCN(c2ccc(C#N)c(Cl)c2)CC1. The van der Waals surface area contributed by atoms with Crippen LogP contribution in [-0.2, 0) is 0 Å². The quantitative estimate of drug-likeness (QED) is 0.756. The molecule has 1 heterocycles. The minimum absolute atomic E-state index is 0.397. The summed E-state index contributed by atoms with van der Waals surface area (Å²) in [5.41, 5.74) is 2.08. The maximum atomic E-state index is 8.90. The molecule has 0 aromatic heterocycles. The van der Waals surface area contributed by atoms with Crippen LogP contribution >= 0.6 is 11.6 Å². The van der Waals surface area contributed by atoms with E-state index in [0.717, 1.165) is 24.7 Å². The van der Waals surface area contributed by atoms with Crippen molar-refractivity contribution in [2.24, 2.45) is 11.3 Å². The second kappa shape index (κ2) is 5.43. The molecule has 0 saturated carbocycles. The van der Waals surface area contributed by atoms with Crippen molar-refractivity contribution in [2.45, 2.75) is 33.6 Å². The van der Waals surface area contributed by atoms with Crippen LogP contribution in [0.1, 0.15) is 39.2 Å². The Bertz CT molecular complexity index is 488. The number of hydrogen-bond acceptors (Lipinski definition) is 2. The van der Waals surface area contributed by atoms with Crippen molar-refractivity contribution in [3.05, 3.63) is 28.8 Å². The molecule has 0 N–H and O–H groups in total. The summed E-state index contributed by atoms with van der Waals surface area (Å²) in [4.78, 5) is 2.37. The van der Waals surface area contributed by atoms with Gasteiger partial charge in [0, 0.05) is 18.8 Å². The maximum Gasteiger partial charge on any atom is 0.101 e. The highest BCUT2D eigenvalue weighted by Crippen LogP contribution is 2.36. The molecule has 0 bridgehead atoms. The van der Waals surface area contributed by atoms with Crippen molar-refractivity contribution in [1.29, 1.82) is 5.26 Å². The lowest BCUT2D eigenvalue weighted by Crippen LogP contribution is -2.38. The summed E-state index contributed by atoms with van der Waals surface area (Å²) in [6.45, 7) is 9.12. The highest BCUT2D eigenvalue weighted by atomic mass is 35.5. The largest absolute Gasteiger partial charge is 0.371 e. The predicted octanol–water partition coefficient (Wildman–Crippen LogP) is 4.47. The number of piperidine rings is 1. The lowest BCUT2D eigenvalue weighted by Gasteiger charge is -2.39. The molecular formula is C16H21ClN2. The number of nitrogens with zero attached hydrogens (tertiary/aromatic N) is 2. The Balaban J connectivity index is 2.06. The third-order valence-electron chi connectivity index (χ3n) is 4.16. The Morgan fingerprint density at radius 2 is 1.89 bits per heavy atom. The molecule has 0 aliphatic carbocycles. The fraction of sp³-hybridized carbons (Fsp3) is 0.562. The topological polar surface area (TPSA) is 27.0 Å². The van der Waals surface area contributed by atoms with E-state index >= 15 is 0 Å². The number of rotatable bonds is 1. The van der Waals surface area contributed by atoms with Crippen LogP contribution in [0, 0.1) is 22.7 Å². The smallest absolute Gasteiger partial charge is 0.101 e. The van der Waals surface area contributed by atoms with E-state index in [9.17, 15) is 0 Å². The number of halogens is 1.